The van der Waals surface area contributed by atoms with E-state index >= 15 is 0 Å². The first-order valence-electron chi connectivity index (χ1n) is 6.92. The monoisotopic (exact) mass is 371 g/mol. The van der Waals surface area contributed by atoms with Crippen molar-refractivity contribution in [1.82, 2.24) is 5.32 Å². The molecule has 0 spiro atoms. The molecule has 1 nitrogen and oxygen atoms in total. The topological polar surface area (TPSA) is 12.0 Å². The van der Waals surface area contributed by atoms with Gasteiger partial charge in [0.05, 0.1) is 6.04 Å². The Morgan fingerprint density at radius 2 is 2.05 bits per heavy atom. The number of benzene rings is 1. The maximum Gasteiger partial charge on any atom is 0.0672 e. The Morgan fingerprint density at radius 3 is 2.65 bits per heavy atom. The van der Waals surface area contributed by atoms with Gasteiger partial charge in [-0.3, -0.25) is 0 Å². The van der Waals surface area contributed by atoms with E-state index < -0.39 is 0 Å². The van der Waals surface area contributed by atoms with Gasteiger partial charge in [0.25, 0.3) is 0 Å². The first kappa shape index (κ1) is 16.0. The maximum atomic E-state index is 6.19. The van der Waals surface area contributed by atoms with E-state index in [1.165, 1.54) is 15.3 Å². The van der Waals surface area contributed by atoms with Crippen LogP contribution in [0.25, 0.3) is 0 Å². The minimum atomic E-state index is 0.218. The van der Waals surface area contributed by atoms with Gasteiger partial charge in [0.2, 0.25) is 0 Å². The van der Waals surface area contributed by atoms with Crippen LogP contribution in [-0.4, -0.2) is 6.54 Å². The van der Waals surface area contributed by atoms with E-state index in [9.17, 15) is 0 Å². The Kier molecular flexibility index (Phi) is 6.09. The molecule has 0 bridgehead atoms. The van der Waals surface area contributed by atoms with Gasteiger partial charge in [-0.25, -0.2) is 0 Å². The van der Waals surface area contributed by atoms with Crippen LogP contribution in [0.3, 0.4) is 0 Å². The van der Waals surface area contributed by atoms with Gasteiger partial charge in [0.15, 0.2) is 0 Å². The molecule has 1 N–H and O–H groups in total. The van der Waals surface area contributed by atoms with Crippen LogP contribution in [0.15, 0.2) is 34.8 Å². The Balaban J connectivity index is 2.35. The highest BCUT2D eigenvalue weighted by atomic mass is 79.9. The molecule has 1 atom stereocenters. The lowest BCUT2D eigenvalue weighted by atomic mass is 10.1. The number of rotatable bonds is 6. The molecule has 0 aliphatic rings. The SMILES string of the molecule is CCCNC(c1cc(Cl)cc(Br)c1)c1ccc(CC)s1. The highest BCUT2D eigenvalue weighted by Crippen LogP contribution is 2.32. The molecule has 0 aliphatic heterocycles. The second-order valence-corrected chi connectivity index (χ2v) is 7.30. The fourth-order valence-corrected chi connectivity index (χ4v) is 4.10. The largest absolute Gasteiger partial charge is 0.306 e. The molecule has 1 aromatic heterocycles. The van der Waals surface area contributed by atoms with Gasteiger partial charge < -0.3 is 5.32 Å². The van der Waals surface area contributed by atoms with E-state index in [0.717, 1.165) is 28.9 Å². The zero-order valence-corrected chi connectivity index (χ0v) is 14.9. The fraction of sp³-hybridized carbons (Fsp3) is 0.375. The summed E-state index contributed by atoms with van der Waals surface area (Å²) in [5.74, 6) is 0. The Hall–Kier alpha value is -0.350. The molecule has 0 aliphatic carbocycles. The van der Waals surface area contributed by atoms with Gasteiger partial charge in [0.1, 0.15) is 0 Å². The van der Waals surface area contributed by atoms with E-state index in [1.54, 1.807) is 0 Å². The molecule has 0 fully saturated rings. The predicted molar refractivity (Wildman–Crippen MR) is 93.0 cm³/mol. The zero-order valence-electron chi connectivity index (χ0n) is 11.7. The van der Waals surface area contributed by atoms with E-state index in [4.69, 9.17) is 11.6 Å². The number of thiophene rings is 1. The lowest BCUT2D eigenvalue weighted by Gasteiger charge is -2.18. The van der Waals surface area contributed by atoms with Crippen LogP contribution >= 0.6 is 38.9 Å². The quantitative estimate of drug-likeness (QED) is 0.674. The maximum absolute atomic E-state index is 6.19. The van der Waals surface area contributed by atoms with Gasteiger partial charge in [0, 0.05) is 19.2 Å². The Bertz CT molecular complexity index is 547. The van der Waals surface area contributed by atoms with Crippen LogP contribution in [-0.2, 0) is 6.42 Å². The highest BCUT2D eigenvalue weighted by Gasteiger charge is 2.16. The molecule has 0 saturated carbocycles. The van der Waals surface area contributed by atoms with Gasteiger partial charge in [-0.2, -0.15) is 0 Å². The summed E-state index contributed by atoms with van der Waals surface area (Å²) in [6.45, 7) is 5.37. The molecular formula is C16H19BrClNS. The van der Waals surface area contributed by atoms with E-state index in [2.05, 4.69) is 53.3 Å². The number of hydrogen-bond donors (Lipinski definition) is 1. The van der Waals surface area contributed by atoms with Crippen LogP contribution in [0.4, 0.5) is 0 Å². The second-order valence-electron chi connectivity index (χ2n) is 4.75. The summed E-state index contributed by atoms with van der Waals surface area (Å²) in [5, 5.41) is 4.39. The van der Waals surface area contributed by atoms with Gasteiger partial charge in [-0.05, 0) is 55.3 Å². The minimum absolute atomic E-state index is 0.218. The molecular weight excluding hydrogens is 354 g/mol. The molecule has 108 valence electrons. The smallest absolute Gasteiger partial charge is 0.0672 e. The van der Waals surface area contributed by atoms with Crippen molar-refractivity contribution in [2.45, 2.75) is 32.7 Å². The summed E-state index contributed by atoms with van der Waals surface area (Å²) in [7, 11) is 0. The number of halogens is 2. The van der Waals surface area contributed by atoms with Crippen LogP contribution in [0, 0.1) is 0 Å². The summed E-state index contributed by atoms with van der Waals surface area (Å²) >= 11 is 11.6. The fourth-order valence-electron chi connectivity index (χ4n) is 2.15. The van der Waals surface area contributed by atoms with Crippen LogP contribution in [0.5, 0.6) is 0 Å². The Morgan fingerprint density at radius 1 is 1.25 bits per heavy atom. The minimum Gasteiger partial charge on any atom is -0.306 e. The molecule has 2 aromatic rings. The van der Waals surface area contributed by atoms with Crippen molar-refractivity contribution in [2.75, 3.05) is 6.54 Å². The lowest BCUT2D eigenvalue weighted by molar-refractivity contribution is 0.606. The van der Waals surface area contributed by atoms with Gasteiger partial charge in [-0.15, -0.1) is 11.3 Å². The lowest BCUT2D eigenvalue weighted by Crippen LogP contribution is -2.22. The average molecular weight is 373 g/mol. The third-order valence-electron chi connectivity index (χ3n) is 3.13. The molecule has 4 heteroatoms. The average Bonchev–Trinajstić information content (AvgIpc) is 2.87. The molecule has 0 radical (unpaired) electrons. The van der Waals surface area contributed by atoms with E-state index in [1.807, 2.05) is 23.5 Å². The van der Waals surface area contributed by atoms with Crippen molar-refractivity contribution >= 4 is 38.9 Å². The molecule has 0 amide bonds. The molecule has 2 rings (SSSR count). The standard InChI is InChI=1S/C16H19BrClNS/c1-3-7-19-16(15-6-5-14(4-2)20-15)11-8-12(17)10-13(18)9-11/h5-6,8-10,16,19H,3-4,7H2,1-2H3. The summed E-state index contributed by atoms with van der Waals surface area (Å²) < 4.78 is 1.02. The third kappa shape index (κ3) is 4.08. The first-order chi connectivity index (χ1) is 9.63. The molecule has 1 heterocycles. The summed E-state index contributed by atoms with van der Waals surface area (Å²) in [4.78, 5) is 2.77. The zero-order chi connectivity index (χ0) is 14.5. The van der Waals surface area contributed by atoms with Crippen molar-refractivity contribution in [3.05, 3.63) is 55.1 Å². The van der Waals surface area contributed by atoms with Crippen molar-refractivity contribution in [3.63, 3.8) is 0 Å². The van der Waals surface area contributed by atoms with Crippen molar-refractivity contribution in [3.8, 4) is 0 Å². The van der Waals surface area contributed by atoms with Gasteiger partial charge in [-0.1, -0.05) is 41.4 Å². The molecule has 20 heavy (non-hydrogen) atoms. The Labute approximate surface area is 138 Å². The summed E-state index contributed by atoms with van der Waals surface area (Å²) in [5.41, 5.74) is 1.21. The second kappa shape index (κ2) is 7.60. The molecule has 0 saturated heterocycles. The normalized spacial score (nSPS) is 12.6. The van der Waals surface area contributed by atoms with Gasteiger partial charge >= 0.3 is 0 Å². The molecule has 1 unspecified atom stereocenters. The van der Waals surface area contributed by atoms with Crippen molar-refractivity contribution in [1.29, 1.82) is 0 Å². The third-order valence-corrected chi connectivity index (χ3v) is 5.10. The van der Waals surface area contributed by atoms with E-state index in [-0.39, 0.29) is 6.04 Å². The van der Waals surface area contributed by atoms with Crippen LogP contribution < -0.4 is 5.32 Å². The number of hydrogen-bond acceptors (Lipinski definition) is 2. The van der Waals surface area contributed by atoms with Crippen molar-refractivity contribution in [2.24, 2.45) is 0 Å². The summed E-state index contributed by atoms with van der Waals surface area (Å²) in [6, 6.07) is 10.8. The number of nitrogens with one attached hydrogen (secondary N) is 1. The predicted octanol–water partition coefficient (Wildman–Crippen LogP) is 5.82. The first-order valence-corrected chi connectivity index (χ1v) is 8.90. The number of aryl methyl sites for hydroxylation is 1. The van der Waals surface area contributed by atoms with Crippen LogP contribution in [0.1, 0.15) is 41.6 Å². The summed E-state index contributed by atoms with van der Waals surface area (Å²) in [6.07, 6.45) is 2.20. The van der Waals surface area contributed by atoms with Crippen LogP contribution in [0.2, 0.25) is 5.02 Å². The highest BCUT2D eigenvalue weighted by molar-refractivity contribution is 9.10. The van der Waals surface area contributed by atoms with E-state index in [0.29, 0.717) is 0 Å². The molecule has 1 aromatic carbocycles. The van der Waals surface area contributed by atoms with Crippen molar-refractivity contribution < 1.29 is 0 Å².